The SMILES string of the molecule is C=C(C)c1ccc(C2(C#N)CC2)cc1C. The molecule has 1 fully saturated rings. The second-order valence-electron chi connectivity index (χ2n) is 4.50. The number of allylic oxidation sites excluding steroid dienone is 1. The standard InChI is InChI=1S/C14H15N/c1-10(2)13-5-4-12(8-11(13)3)14(9-15)6-7-14/h4-5,8H,1,6-7H2,2-3H3. The van der Waals surface area contributed by atoms with Crippen LogP contribution in [0.5, 0.6) is 0 Å². The van der Waals surface area contributed by atoms with E-state index in [1.807, 2.05) is 6.92 Å². The summed E-state index contributed by atoms with van der Waals surface area (Å²) in [4.78, 5) is 0. The molecule has 0 amide bonds. The van der Waals surface area contributed by atoms with Gasteiger partial charge in [0.05, 0.1) is 11.5 Å². The van der Waals surface area contributed by atoms with E-state index in [1.54, 1.807) is 0 Å². The molecule has 2 rings (SSSR count). The zero-order valence-electron chi connectivity index (χ0n) is 9.30. The molecule has 0 aliphatic heterocycles. The fraction of sp³-hybridized carbons (Fsp3) is 0.357. The summed E-state index contributed by atoms with van der Waals surface area (Å²) in [6, 6.07) is 8.73. The first-order valence-corrected chi connectivity index (χ1v) is 5.27. The Morgan fingerprint density at radius 2 is 2.13 bits per heavy atom. The number of aryl methyl sites for hydroxylation is 1. The number of rotatable bonds is 2. The molecule has 0 aromatic heterocycles. The molecule has 0 bridgehead atoms. The molecule has 0 atom stereocenters. The zero-order chi connectivity index (χ0) is 11.1. The molecule has 0 saturated heterocycles. The van der Waals surface area contributed by atoms with E-state index in [1.165, 1.54) is 16.7 Å². The zero-order valence-corrected chi connectivity index (χ0v) is 9.30. The third-order valence-electron chi connectivity index (χ3n) is 3.20. The van der Waals surface area contributed by atoms with Crippen molar-refractivity contribution in [2.24, 2.45) is 0 Å². The Balaban J connectivity index is 2.43. The Labute approximate surface area is 91.0 Å². The summed E-state index contributed by atoms with van der Waals surface area (Å²) in [7, 11) is 0. The lowest BCUT2D eigenvalue weighted by molar-refractivity contribution is 0.905. The first-order valence-electron chi connectivity index (χ1n) is 5.27. The molecule has 0 N–H and O–H groups in total. The van der Waals surface area contributed by atoms with Crippen molar-refractivity contribution in [3.05, 3.63) is 41.5 Å². The quantitative estimate of drug-likeness (QED) is 0.710. The Kier molecular flexibility index (Phi) is 2.16. The van der Waals surface area contributed by atoms with E-state index in [-0.39, 0.29) is 5.41 Å². The Bertz CT molecular complexity index is 459. The highest BCUT2D eigenvalue weighted by Gasteiger charge is 2.44. The Morgan fingerprint density at radius 1 is 1.47 bits per heavy atom. The minimum Gasteiger partial charge on any atom is -0.197 e. The first-order chi connectivity index (χ1) is 7.09. The van der Waals surface area contributed by atoms with Crippen molar-refractivity contribution in [2.45, 2.75) is 32.1 Å². The maximum absolute atomic E-state index is 9.11. The molecular weight excluding hydrogens is 182 g/mol. The van der Waals surface area contributed by atoms with Crippen molar-refractivity contribution in [1.29, 1.82) is 5.26 Å². The Morgan fingerprint density at radius 3 is 2.53 bits per heavy atom. The molecule has 15 heavy (non-hydrogen) atoms. The minimum atomic E-state index is -0.168. The minimum absolute atomic E-state index is 0.168. The fourth-order valence-corrected chi connectivity index (χ4v) is 2.03. The van der Waals surface area contributed by atoms with E-state index in [9.17, 15) is 0 Å². The number of hydrogen-bond donors (Lipinski definition) is 0. The summed E-state index contributed by atoms with van der Waals surface area (Å²) < 4.78 is 0. The van der Waals surface area contributed by atoms with Crippen LogP contribution in [0, 0.1) is 18.3 Å². The summed E-state index contributed by atoms with van der Waals surface area (Å²) >= 11 is 0. The summed E-state index contributed by atoms with van der Waals surface area (Å²) in [5.41, 5.74) is 4.51. The van der Waals surface area contributed by atoms with E-state index in [0.717, 1.165) is 18.4 Å². The van der Waals surface area contributed by atoms with Crippen LogP contribution in [0.3, 0.4) is 0 Å². The fourth-order valence-electron chi connectivity index (χ4n) is 2.03. The number of benzene rings is 1. The van der Waals surface area contributed by atoms with Crippen molar-refractivity contribution < 1.29 is 0 Å². The van der Waals surface area contributed by atoms with Crippen LogP contribution in [0.2, 0.25) is 0 Å². The van der Waals surface area contributed by atoms with Gasteiger partial charge in [-0.2, -0.15) is 5.26 Å². The van der Waals surface area contributed by atoms with Crippen LogP contribution in [0.1, 0.15) is 36.5 Å². The van der Waals surface area contributed by atoms with Gasteiger partial charge in [0, 0.05) is 0 Å². The van der Waals surface area contributed by atoms with Gasteiger partial charge in [-0.15, -0.1) is 0 Å². The molecule has 0 spiro atoms. The lowest BCUT2D eigenvalue weighted by Gasteiger charge is -2.11. The van der Waals surface area contributed by atoms with Gasteiger partial charge in [-0.25, -0.2) is 0 Å². The highest BCUT2D eigenvalue weighted by Crippen LogP contribution is 2.47. The van der Waals surface area contributed by atoms with E-state index in [4.69, 9.17) is 5.26 Å². The van der Waals surface area contributed by atoms with Crippen LogP contribution < -0.4 is 0 Å². The average Bonchev–Trinajstić information content (AvgIpc) is 2.97. The smallest absolute Gasteiger partial charge is 0.0823 e. The van der Waals surface area contributed by atoms with Gasteiger partial charge >= 0.3 is 0 Å². The van der Waals surface area contributed by atoms with Crippen molar-refractivity contribution in [2.75, 3.05) is 0 Å². The molecule has 1 aliphatic carbocycles. The normalized spacial score (nSPS) is 16.9. The van der Waals surface area contributed by atoms with Gasteiger partial charge in [-0.05, 0) is 43.4 Å². The number of nitrogens with zero attached hydrogens (tertiary/aromatic N) is 1. The third kappa shape index (κ3) is 1.57. The van der Waals surface area contributed by atoms with E-state index in [2.05, 4.69) is 37.8 Å². The van der Waals surface area contributed by atoms with Crippen molar-refractivity contribution in [1.82, 2.24) is 0 Å². The Hall–Kier alpha value is -1.55. The number of hydrogen-bond acceptors (Lipinski definition) is 1. The highest BCUT2D eigenvalue weighted by molar-refractivity contribution is 5.65. The third-order valence-corrected chi connectivity index (χ3v) is 3.20. The van der Waals surface area contributed by atoms with Crippen molar-refractivity contribution in [3.8, 4) is 6.07 Å². The summed E-state index contributed by atoms with van der Waals surface area (Å²) in [6.07, 6.45) is 2.02. The van der Waals surface area contributed by atoms with E-state index >= 15 is 0 Å². The lowest BCUT2D eigenvalue weighted by atomic mass is 9.92. The van der Waals surface area contributed by atoms with Gasteiger partial charge in [0.15, 0.2) is 0 Å². The van der Waals surface area contributed by atoms with Gasteiger partial charge in [-0.3, -0.25) is 0 Å². The van der Waals surface area contributed by atoms with Crippen LogP contribution in [0.4, 0.5) is 0 Å². The van der Waals surface area contributed by atoms with Crippen LogP contribution in [-0.2, 0) is 5.41 Å². The van der Waals surface area contributed by atoms with Crippen LogP contribution >= 0.6 is 0 Å². The van der Waals surface area contributed by atoms with Gasteiger partial charge < -0.3 is 0 Å². The predicted octanol–water partition coefficient (Wildman–Crippen LogP) is 3.58. The highest BCUT2D eigenvalue weighted by atomic mass is 14.5. The van der Waals surface area contributed by atoms with E-state index < -0.39 is 0 Å². The van der Waals surface area contributed by atoms with Gasteiger partial charge in [-0.1, -0.05) is 30.4 Å². The monoisotopic (exact) mass is 197 g/mol. The summed E-state index contributed by atoms with van der Waals surface area (Å²) in [5, 5.41) is 9.11. The molecule has 1 aliphatic rings. The predicted molar refractivity (Wildman–Crippen MR) is 62.4 cm³/mol. The summed E-state index contributed by atoms with van der Waals surface area (Å²) in [6.45, 7) is 8.05. The molecule has 76 valence electrons. The van der Waals surface area contributed by atoms with Crippen molar-refractivity contribution >= 4 is 5.57 Å². The molecular formula is C14H15N. The maximum atomic E-state index is 9.11. The lowest BCUT2D eigenvalue weighted by Crippen LogP contribution is -2.03. The molecule has 1 heteroatoms. The maximum Gasteiger partial charge on any atom is 0.0823 e. The van der Waals surface area contributed by atoms with Crippen LogP contribution in [0.15, 0.2) is 24.8 Å². The second-order valence-corrected chi connectivity index (χ2v) is 4.50. The van der Waals surface area contributed by atoms with Crippen LogP contribution in [-0.4, -0.2) is 0 Å². The van der Waals surface area contributed by atoms with Crippen LogP contribution in [0.25, 0.3) is 5.57 Å². The summed E-state index contributed by atoms with van der Waals surface area (Å²) in [5.74, 6) is 0. The topological polar surface area (TPSA) is 23.8 Å². The molecule has 0 heterocycles. The molecule has 1 saturated carbocycles. The first kappa shape index (κ1) is 9.98. The molecule has 1 aromatic rings. The molecule has 1 aromatic carbocycles. The molecule has 0 unspecified atom stereocenters. The molecule has 0 radical (unpaired) electrons. The second kappa shape index (κ2) is 3.24. The largest absolute Gasteiger partial charge is 0.197 e. The average molecular weight is 197 g/mol. The van der Waals surface area contributed by atoms with Gasteiger partial charge in [0.1, 0.15) is 0 Å². The van der Waals surface area contributed by atoms with Crippen molar-refractivity contribution in [3.63, 3.8) is 0 Å². The van der Waals surface area contributed by atoms with E-state index in [0.29, 0.717) is 0 Å². The number of nitriles is 1. The molecule has 1 nitrogen and oxygen atoms in total. The van der Waals surface area contributed by atoms with Gasteiger partial charge in [0.25, 0.3) is 0 Å². The van der Waals surface area contributed by atoms with Gasteiger partial charge in [0.2, 0.25) is 0 Å².